The first-order chi connectivity index (χ1) is 8.68. The van der Waals surface area contributed by atoms with Gasteiger partial charge in [-0.2, -0.15) is 0 Å². The van der Waals surface area contributed by atoms with Crippen molar-refractivity contribution in [2.24, 2.45) is 5.92 Å². The zero-order valence-corrected chi connectivity index (χ0v) is 15.7. The van der Waals surface area contributed by atoms with Gasteiger partial charge in [-0.05, 0) is 35.9 Å². The van der Waals surface area contributed by atoms with E-state index in [0.29, 0.717) is 28.6 Å². The summed E-state index contributed by atoms with van der Waals surface area (Å²) in [6, 6.07) is 0. The second kappa shape index (κ2) is 8.26. The molecule has 0 spiro atoms. The molecule has 0 saturated carbocycles. The van der Waals surface area contributed by atoms with E-state index in [1.165, 1.54) is 0 Å². The van der Waals surface area contributed by atoms with Crippen molar-refractivity contribution in [1.29, 1.82) is 0 Å². The van der Waals surface area contributed by atoms with Gasteiger partial charge in [0.25, 0.3) is 0 Å². The van der Waals surface area contributed by atoms with Gasteiger partial charge in [-0.1, -0.05) is 67.5 Å². The van der Waals surface area contributed by atoms with Crippen LogP contribution in [0.25, 0.3) is 0 Å². The summed E-state index contributed by atoms with van der Waals surface area (Å²) in [6.07, 6.45) is 5.83. The van der Waals surface area contributed by atoms with E-state index in [2.05, 4.69) is 74.5 Å². The van der Waals surface area contributed by atoms with Crippen LogP contribution in [-0.2, 0) is 4.43 Å². The predicted molar refractivity (Wildman–Crippen MR) is 90.2 cm³/mol. The summed E-state index contributed by atoms with van der Waals surface area (Å²) in [6.45, 7) is 20.8. The first kappa shape index (κ1) is 18.9. The van der Waals surface area contributed by atoms with Crippen molar-refractivity contribution < 1.29 is 4.43 Å². The first-order valence-corrected chi connectivity index (χ1v) is 10.1. The highest BCUT2D eigenvalue weighted by molar-refractivity contribution is 6.77. The van der Waals surface area contributed by atoms with E-state index in [1.54, 1.807) is 0 Å². The van der Waals surface area contributed by atoms with Gasteiger partial charge in [0.15, 0.2) is 0 Å². The molecule has 0 saturated heterocycles. The lowest BCUT2D eigenvalue weighted by Crippen LogP contribution is -2.50. The monoisotopic (exact) mass is 284 g/mol. The molecule has 0 fully saturated rings. The van der Waals surface area contributed by atoms with Crippen molar-refractivity contribution in [2.75, 3.05) is 0 Å². The average molecular weight is 285 g/mol. The minimum Gasteiger partial charge on any atom is -0.410 e. The summed E-state index contributed by atoms with van der Waals surface area (Å²) in [5.41, 5.74) is 1.98. The Balaban J connectivity index is 5.26. The largest absolute Gasteiger partial charge is 0.410 e. The maximum absolute atomic E-state index is 6.83. The topological polar surface area (TPSA) is 9.23 Å². The molecule has 0 rings (SSSR count). The van der Waals surface area contributed by atoms with E-state index in [-0.39, 0.29) is 0 Å². The summed E-state index contributed by atoms with van der Waals surface area (Å²) in [7, 11) is -1.75. The Bertz CT molecular complexity index is 245. The van der Waals surface area contributed by atoms with Crippen molar-refractivity contribution in [2.45, 2.75) is 91.5 Å². The molecular weight excluding hydrogens is 248 g/mol. The molecular formula is C17H36OSi. The first-order valence-electron chi connectivity index (χ1n) is 7.99. The molecule has 0 aromatic heterocycles. The van der Waals surface area contributed by atoms with Crippen LogP contribution in [0.3, 0.4) is 0 Å². The molecule has 0 bridgehead atoms. The molecule has 0 amide bonds. The second-order valence-corrected chi connectivity index (χ2v) is 12.5. The highest BCUT2D eigenvalue weighted by Crippen LogP contribution is 2.43. The molecule has 1 unspecified atom stereocenters. The van der Waals surface area contributed by atoms with Gasteiger partial charge in [0.1, 0.15) is 0 Å². The standard InChI is InChI=1S/C17H36OSi/c1-10-11-17(12-13(2)3)18-19(14(4)5,15(6)7)16(8)9/h10-11,13-17H,12H2,1-9H3/b11-10+. The van der Waals surface area contributed by atoms with E-state index in [9.17, 15) is 0 Å². The lowest BCUT2D eigenvalue weighted by atomic mass is 10.1. The van der Waals surface area contributed by atoms with Gasteiger partial charge in [0, 0.05) is 0 Å². The van der Waals surface area contributed by atoms with E-state index in [1.807, 2.05) is 0 Å². The fourth-order valence-electron chi connectivity index (χ4n) is 3.52. The van der Waals surface area contributed by atoms with Gasteiger partial charge in [0.2, 0.25) is 8.32 Å². The van der Waals surface area contributed by atoms with E-state index in [0.717, 1.165) is 6.42 Å². The fourth-order valence-corrected chi connectivity index (χ4v) is 9.03. The van der Waals surface area contributed by atoms with Gasteiger partial charge < -0.3 is 4.43 Å². The lowest BCUT2D eigenvalue weighted by molar-refractivity contribution is 0.191. The lowest BCUT2D eigenvalue weighted by Gasteiger charge is -2.44. The van der Waals surface area contributed by atoms with Crippen LogP contribution in [0, 0.1) is 5.92 Å². The third kappa shape index (κ3) is 5.07. The molecule has 2 heteroatoms. The molecule has 114 valence electrons. The predicted octanol–water partition coefficient (Wildman–Crippen LogP) is 6.17. The molecule has 0 aliphatic heterocycles. The SMILES string of the molecule is C/C=C/C(CC(C)C)O[Si](C(C)C)(C(C)C)C(C)C. The minimum atomic E-state index is -1.75. The Labute approximate surface area is 123 Å². The summed E-state index contributed by atoms with van der Waals surface area (Å²) >= 11 is 0. The molecule has 1 atom stereocenters. The summed E-state index contributed by atoms with van der Waals surface area (Å²) in [5.74, 6) is 0.680. The minimum absolute atomic E-state index is 0.295. The van der Waals surface area contributed by atoms with Crippen LogP contribution in [0.1, 0.15) is 68.7 Å². The number of rotatable bonds is 8. The number of hydrogen-bond donors (Lipinski definition) is 0. The van der Waals surface area contributed by atoms with Gasteiger partial charge in [-0.15, -0.1) is 0 Å². The zero-order chi connectivity index (χ0) is 15.2. The van der Waals surface area contributed by atoms with E-state index >= 15 is 0 Å². The smallest absolute Gasteiger partial charge is 0.201 e. The third-order valence-electron chi connectivity index (χ3n) is 4.17. The Hall–Kier alpha value is -0.0831. The van der Waals surface area contributed by atoms with Crippen LogP contribution in [0.2, 0.25) is 16.6 Å². The van der Waals surface area contributed by atoms with Crippen molar-refractivity contribution in [3.8, 4) is 0 Å². The maximum atomic E-state index is 6.83. The van der Waals surface area contributed by atoms with E-state index in [4.69, 9.17) is 4.43 Å². The van der Waals surface area contributed by atoms with Crippen molar-refractivity contribution in [1.82, 2.24) is 0 Å². The van der Waals surface area contributed by atoms with Crippen LogP contribution >= 0.6 is 0 Å². The molecule has 0 aliphatic carbocycles. The second-order valence-electron chi connectivity index (χ2n) is 7.13. The maximum Gasteiger partial charge on any atom is 0.201 e. The quantitative estimate of drug-likeness (QED) is 0.382. The molecule has 0 aromatic carbocycles. The van der Waals surface area contributed by atoms with Crippen LogP contribution < -0.4 is 0 Å². The highest BCUT2D eigenvalue weighted by atomic mass is 28.4. The molecule has 1 nitrogen and oxygen atoms in total. The number of hydrogen-bond acceptors (Lipinski definition) is 1. The third-order valence-corrected chi connectivity index (χ3v) is 10.3. The van der Waals surface area contributed by atoms with Crippen molar-refractivity contribution >= 4 is 8.32 Å². The molecule has 0 aromatic rings. The van der Waals surface area contributed by atoms with Gasteiger partial charge >= 0.3 is 0 Å². The van der Waals surface area contributed by atoms with Crippen LogP contribution in [-0.4, -0.2) is 14.4 Å². The van der Waals surface area contributed by atoms with Crippen LogP contribution in [0.15, 0.2) is 12.2 Å². The summed E-state index contributed by atoms with van der Waals surface area (Å²) < 4.78 is 6.83. The zero-order valence-electron chi connectivity index (χ0n) is 14.7. The van der Waals surface area contributed by atoms with Crippen molar-refractivity contribution in [3.05, 3.63) is 12.2 Å². The van der Waals surface area contributed by atoms with E-state index < -0.39 is 8.32 Å². The molecule has 0 heterocycles. The van der Waals surface area contributed by atoms with Gasteiger partial charge in [-0.25, -0.2) is 0 Å². The van der Waals surface area contributed by atoms with Crippen LogP contribution in [0.5, 0.6) is 0 Å². The van der Waals surface area contributed by atoms with Crippen LogP contribution in [0.4, 0.5) is 0 Å². The van der Waals surface area contributed by atoms with Gasteiger partial charge in [-0.3, -0.25) is 0 Å². The molecule has 19 heavy (non-hydrogen) atoms. The average Bonchev–Trinajstić information content (AvgIpc) is 2.23. The molecule has 0 radical (unpaired) electrons. The normalized spacial score (nSPS) is 15.4. The highest BCUT2D eigenvalue weighted by Gasteiger charge is 2.46. The Morgan fingerprint density at radius 2 is 1.26 bits per heavy atom. The summed E-state index contributed by atoms with van der Waals surface area (Å²) in [4.78, 5) is 0. The number of allylic oxidation sites excluding steroid dienone is 1. The van der Waals surface area contributed by atoms with Crippen molar-refractivity contribution in [3.63, 3.8) is 0 Å². The molecule has 0 aliphatic rings. The Kier molecular flexibility index (Phi) is 8.22. The fraction of sp³-hybridized carbons (Fsp3) is 0.882. The molecule has 0 N–H and O–H groups in total. The summed E-state index contributed by atoms with van der Waals surface area (Å²) in [5, 5.41) is 0. The Morgan fingerprint density at radius 1 is 0.842 bits per heavy atom. The Morgan fingerprint density at radius 3 is 1.53 bits per heavy atom. The van der Waals surface area contributed by atoms with Gasteiger partial charge in [0.05, 0.1) is 6.10 Å².